The highest BCUT2D eigenvalue weighted by atomic mass is 32.2. The summed E-state index contributed by atoms with van der Waals surface area (Å²) in [5, 5.41) is 11.7. The Morgan fingerprint density at radius 1 is 1.09 bits per heavy atom. The second-order valence-corrected chi connectivity index (χ2v) is 11.8. The lowest BCUT2D eigenvalue weighted by molar-refractivity contribution is 0.0964. The standard InChI is InChI=1S/C25H29N3O3S/c1-17-8-9-20-19(12-17)21(28-15-23(29)25(2,3)16-28)13-24(26-20)27-10-11-32(30,31)22-7-5-4-6-18(22)14-27/h4-9,12-13,23,29H,10-11,14-16H2,1-3H3. The van der Waals surface area contributed by atoms with Gasteiger partial charge in [-0.2, -0.15) is 0 Å². The van der Waals surface area contributed by atoms with Crippen LogP contribution in [0.15, 0.2) is 53.4 Å². The van der Waals surface area contributed by atoms with E-state index in [0.717, 1.165) is 40.1 Å². The summed E-state index contributed by atoms with van der Waals surface area (Å²) in [5.41, 5.74) is 3.67. The summed E-state index contributed by atoms with van der Waals surface area (Å²) in [6.45, 7) is 8.43. The maximum Gasteiger partial charge on any atom is 0.180 e. The molecule has 1 atom stereocenters. The molecule has 1 N–H and O–H groups in total. The Kier molecular flexibility index (Phi) is 4.94. The van der Waals surface area contributed by atoms with Crippen LogP contribution < -0.4 is 9.80 Å². The van der Waals surface area contributed by atoms with Gasteiger partial charge in [0, 0.05) is 48.7 Å². The van der Waals surface area contributed by atoms with Gasteiger partial charge in [-0.1, -0.05) is 43.7 Å². The molecule has 0 aliphatic carbocycles. The average Bonchev–Trinajstić information content (AvgIpc) is 2.94. The number of aliphatic hydroxyl groups is 1. The number of rotatable bonds is 2. The third kappa shape index (κ3) is 3.63. The topological polar surface area (TPSA) is 73.7 Å². The van der Waals surface area contributed by atoms with Crippen molar-refractivity contribution in [2.24, 2.45) is 5.41 Å². The number of aryl methyl sites for hydroxylation is 1. The molecule has 3 heterocycles. The predicted molar refractivity (Wildman–Crippen MR) is 128 cm³/mol. The molecule has 0 saturated carbocycles. The van der Waals surface area contributed by atoms with Gasteiger partial charge < -0.3 is 14.9 Å². The average molecular weight is 452 g/mol. The first-order valence-electron chi connectivity index (χ1n) is 11.0. The lowest BCUT2D eigenvalue weighted by atomic mass is 9.90. The van der Waals surface area contributed by atoms with Crippen LogP contribution in [-0.2, 0) is 16.4 Å². The molecule has 1 unspecified atom stereocenters. The molecule has 2 aliphatic heterocycles. The van der Waals surface area contributed by atoms with E-state index in [1.807, 2.05) is 24.3 Å². The largest absolute Gasteiger partial charge is 0.391 e. The molecule has 6 nitrogen and oxygen atoms in total. The Hall–Kier alpha value is -2.64. The minimum Gasteiger partial charge on any atom is -0.391 e. The van der Waals surface area contributed by atoms with Crippen molar-refractivity contribution in [1.82, 2.24) is 4.98 Å². The van der Waals surface area contributed by atoms with Gasteiger partial charge in [0.2, 0.25) is 0 Å². The molecule has 5 rings (SSSR count). The van der Waals surface area contributed by atoms with E-state index in [0.29, 0.717) is 24.5 Å². The normalized spacial score (nSPS) is 22.1. The number of hydrogen-bond donors (Lipinski definition) is 1. The minimum absolute atomic E-state index is 0.0580. The zero-order chi connectivity index (χ0) is 22.7. The number of aliphatic hydroxyl groups excluding tert-OH is 1. The van der Waals surface area contributed by atoms with Crippen LogP contribution in [0.25, 0.3) is 10.9 Å². The Balaban J connectivity index is 1.62. The van der Waals surface area contributed by atoms with Gasteiger partial charge in [0.15, 0.2) is 9.84 Å². The fourth-order valence-electron chi connectivity index (χ4n) is 4.79. The molecule has 168 valence electrons. The van der Waals surface area contributed by atoms with Gasteiger partial charge in [-0.3, -0.25) is 0 Å². The molecule has 32 heavy (non-hydrogen) atoms. The van der Waals surface area contributed by atoms with E-state index >= 15 is 0 Å². The van der Waals surface area contributed by atoms with Crippen LogP contribution in [0, 0.1) is 12.3 Å². The van der Waals surface area contributed by atoms with Crippen LogP contribution in [0.4, 0.5) is 11.5 Å². The van der Waals surface area contributed by atoms with Crippen molar-refractivity contribution in [2.75, 3.05) is 35.2 Å². The lowest BCUT2D eigenvalue weighted by Gasteiger charge is -2.27. The maximum atomic E-state index is 12.8. The summed E-state index contributed by atoms with van der Waals surface area (Å²) < 4.78 is 25.6. The molecule has 3 aromatic rings. The monoisotopic (exact) mass is 451 g/mol. The summed E-state index contributed by atoms with van der Waals surface area (Å²) in [6.07, 6.45) is -0.408. The predicted octanol–water partition coefficient (Wildman–Crippen LogP) is 3.54. The van der Waals surface area contributed by atoms with Crippen molar-refractivity contribution in [2.45, 2.75) is 38.3 Å². The van der Waals surface area contributed by atoms with Gasteiger partial charge >= 0.3 is 0 Å². The Labute approximate surface area is 189 Å². The SMILES string of the molecule is Cc1ccc2nc(N3CCS(=O)(=O)c4ccccc4C3)cc(N3CC(O)C(C)(C)C3)c2c1. The number of hydrogen-bond acceptors (Lipinski definition) is 6. The number of sulfone groups is 1. The molecule has 1 fully saturated rings. The van der Waals surface area contributed by atoms with E-state index in [1.54, 1.807) is 12.1 Å². The highest BCUT2D eigenvalue weighted by Gasteiger charge is 2.39. The van der Waals surface area contributed by atoms with Crippen molar-refractivity contribution < 1.29 is 13.5 Å². The van der Waals surface area contributed by atoms with Crippen molar-refractivity contribution in [3.8, 4) is 0 Å². The van der Waals surface area contributed by atoms with Gasteiger partial charge in [0.1, 0.15) is 5.82 Å². The number of aromatic nitrogens is 1. The number of β-amino-alcohol motifs (C(OH)–C–C–N with tert-alkyl or cyclic N) is 1. The number of benzene rings is 2. The third-order valence-electron chi connectivity index (χ3n) is 6.79. The van der Waals surface area contributed by atoms with E-state index in [1.165, 1.54) is 0 Å². The third-order valence-corrected chi connectivity index (χ3v) is 8.57. The van der Waals surface area contributed by atoms with Gasteiger partial charge in [0.25, 0.3) is 0 Å². The van der Waals surface area contributed by atoms with E-state index in [4.69, 9.17) is 4.98 Å². The van der Waals surface area contributed by atoms with Crippen LogP contribution in [0.1, 0.15) is 25.0 Å². The van der Waals surface area contributed by atoms with Gasteiger partial charge in [-0.05, 0) is 30.7 Å². The fourth-order valence-corrected chi connectivity index (χ4v) is 6.29. The first-order valence-corrected chi connectivity index (χ1v) is 12.7. The number of fused-ring (bicyclic) bond motifs is 2. The Morgan fingerprint density at radius 3 is 2.62 bits per heavy atom. The molecule has 2 aliphatic rings. The van der Waals surface area contributed by atoms with Crippen LogP contribution in [0.5, 0.6) is 0 Å². The first kappa shape index (κ1) is 21.2. The van der Waals surface area contributed by atoms with Crippen molar-refractivity contribution in [1.29, 1.82) is 0 Å². The van der Waals surface area contributed by atoms with Crippen molar-refractivity contribution in [3.63, 3.8) is 0 Å². The molecule has 2 aromatic carbocycles. The zero-order valence-corrected chi connectivity index (χ0v) is 19.6. The van der Waals surface area contributed by atoms with Crippen molar-refractivity contribution >= 4 is 32.2 Å². The molecular formula is C25H29N3O3S. The van der Waals surface area contributed by atoms with Gasteiger partial charge in [-0.15, -0.1) is 0 Å². The zero-order valence-electron chi connectivity index (χ0n) is 18.7. The maximum absolute atomic E-state index is 12.8. The lowest BCUT2D eigenvalue weighted by Crippen LogP contribution is -2.28. The van der Waals surface area contributed by atoms with Crippen LogP contribution in [0.3, 0.4) is 0 Å². The number of nitrogens with zero attached hydrogens (tertiary/aromatic N) is 3. The highest BCUT2D eigenvalue weighted by molar-refractivity contribution is 7.91. The summed E-state index contributed by atoms with van der Waals surface area (Å²) in [5.74, 6) is 0.824. The highest BCUT2D eigenvalue weighted by Crippen LogP contribution is 2.38. The van der Waals surface area contributed by atoms with E-state index in [2.05, 4.69) is 42.7 Å². The molecule has 1 saturated heterocycles. The first-order chi connectivity index (χ1) is 15.1. The fraction of sp³-hybridized carbons (Fsp3) is 0.400. The molecule has 0 spiro atoms. The minimum atomic E-state index is -3.33. The summed E-state index contributed by atoms with van der Waals surface area (Å²) in [6, 6.07) is 15.5. The van der Waals surface area contributed by atoms with E-state index < -0.39 is 15.9 Å². The van der Waals surface area contributed by atoms with Crippen molar-refractivity contribution in [3.05, 3.63) is 59.7 Å². The second kappa shape index (κ2) is 7.46. The quantitative estimate of drug-likeness (QED) is 0.642. The second-order valence-electron chi connectivity index (χ2n) is 9.75. The summed E-state index contributed by atoms with van der Waals surface area (Å²) in [7, 11) is -3.33. The summed E-state index contributed by atoms with van der Waals surface area (Å²) >= 11 is 0. The number of pyridine rings is 1. The molecule has 0 amide bonds. The molecule has 7 heteroatoms. The van der Waals surface area contributed by atoms with Gasteiger partial charge in [0.05, 0.1) is 22.3 Å². The molecule has 0 radical (unpaired) electrons. The van der Waals surface area contributed by atoms with Crippen LogP contribution >= 0.6 is 0 Å². The number of anilines is 2. The molecule has 1 aromatic heterocycles. The Morgan fingerprint density at radius 2 is 1.88 bits per heavy atom. The Bertz CT molecular complexity index is 1300. The van der Waals surface area contributed by atoms with E-state index in [9.17, 15) is 13.5 Å². The van der Waals surface area contributed by atoms with Gasteiger partial charge in [-0.25, -0.2) is 13.4 Å². The summed E-state index contributed by atoms with van der Waals surface area (Å²) in [4.78, 5) is 9.65. The molecule has 0 bridgehead atoms. The van der Waals surface area contributed by atoms with Crippen LogP contribution in [0.2, 0.25) is 0 Å². The molecular weight excluding hydrogens is 422 g/mol. The smallest absolute Gasteiger partial charge is 0.180 e. The van der Waals surface area contributed by atoms with E-state index in [-0.39, 0.29) is 11.2 Å². The van der Waals surface area contributed by atoms with Crippen LogP contribution in [-0.4, -0.2) is 50.0 Å².